The molecule has 0 unspecified atom stereocenters. The summed E-state index contributed by atoms with van der Waals surface area (Å²) >= 11 is 6.13. The Morgan fingerprint density at radius 1 is 1.56 bits per heavy atom. The lowest BCUT2D eigenvalue weighted by Gasteiger charge is -2.08. The predicted octanol–water partition coefficient (Wildman–Crippen LogP) is 2.79. The van der Waals surface area contributed by atoms with Gasteiger partial charge in [0.1, 0.15) is 0 Å². The van der Waals surface area contributed by atoms with Crippen molar-refractivity contribution in [3.8, 4) is 0 Å². The van der Waals surface area contributed by atoms with Gasteiger partial charge >= 0.3 is 5.97 Å². The van der Waals surface area contributed by atoms with Crippen molar-refractivity contribution >= 4 is 17.6 Å². The highest BCUT2D eigenvalue weighted by molar-refractivity contribution is 6.31. The summed E-state index contributed by atoms with van der Waals surface area (Å²) in [6.07, 6.45) is 0.934. The Hall–Kier alpha value is -1.02. The van der Waals surface area contributed by atoms with Crippen molar-refractivity contribution in [1.82, 2.24) is 0 Å². The summed E-state index contributed by atoms with van der Waals surface area (Å²) < 4.78 is 5.08. The van der Waals surface area contributed by atoms with Gasteiger partial charge in [0, 0.05) is 10.9 Å². The van der Waals surface area contributed by atoms with E-state index in [0.717, 1.165) is 11.4 Å². The summed E-state index contributed by atoms with van der Waals surface area (Å²) in [5.41, 5.74) is 2.50. The highest BCUT2D eigenvalue weighted by Gasteiger charge is 2.60. The van der Waals surface area contributed by atoms with Crippen LogP contribution in [-0.2, 0) is 16.0 Å². The lowest BCUT2D eigenvalue weighted by Crippen LogP contribution is -2.11. The minimum absolute atomic E-state index is 0.0388. The van der Waals surface area contributed by atoms with Crippen LogP contribution < -0.4 is 0 Å². The zero-order valence-electron chi connectivity index (χ0n) is 9.07. The van der Waals surface area contributed by atoms with Gasteiger partial charge in [-0.3, -0.25) is 4.79 Å². The predicted molar refractivity (Wildman–Crippen MR) is 61.5 cm³/mol. The van der Waals surface area contributed by atoms with E-state index in [2.05, 4.69) is 6.07 Å². The first-order chi connectivity index (χ1) is 7.74. The Bertz CT molecular complexity index is 455. The van der Waals surface area contributed by atoms with Crippen molar-refractivity contribution in [2.75, 3.05) is 6.61 Å². The quantitative estimate of drug-likeness (QED) is 0.739. The smallest absolute Gasteiger partial charge is 0.309 e. The average Bonchev–Trinajstić information content (AvgIpc) is 2.85. The molecule has 3 rings (SSSR count). The molecular weight excluding hydrogens is 224 g/mol. The van der Waals surface area contributed by atoms with E-state index in [4.69, 9.17) is 16.3 Å². The van der Waals surface area contributed by atoms with Crippen LogP contribution in [0.5, 0.6) is 0 Å². The second-order valence-corrected chi connectivity index (χ2v) is 4.89. The Balaban J connectivity index is 1.85. The number of esters is 1. The van der Waals surface area contributed by atoms with E-state index in [0.29, 0.717) is 18.4 Å². The maximum atomic E-state index is 11.7. The van der Waals surface area contributed by atoms with Gasteiger partial charge in [0.2, 0.25) is 0 Å². The molecule has 0 bridgehead atoms. The molecule has 0 amide bonds. The van der Waals surface area contributed by atoms with Crippen LogP contribution >= 0.6 is 11.6 Å². The summed E-state index contributed by atoms with van der Waals surface area (Å²) in [4.78, 5) is 11.7. The molecule has 16 heavy (non-hydrogen) atoms. The molecule has 0 heterocycles. The molecule has 1 aromatic carbocycles. The maximum absolute atomic E-state index is 11.7. The summed E-state index contributed by atoms with van der Waals surface area (Å²) in [5, 5.41) is 0.840. The van der Waals surface area contributed by atoms with E-state index in [1.807, 2.05) is 19.1 Å². The summed E-state index contributed by atoms with van der Waals surface area (Å²) in [6, 6.07) is 5.97. The second-order valence-electron chi connectivity index (χ2n) is 4.48. The minimum Gasteiger partial charge on any atom is -0.466 e. The molecule has 0 aromatic heterocycles. The van der Waals surface area contributed by atoms with Crippen molar-refractivity contribution in [3.63, 3.8) is 0 Å². The first-order valence-electron chi connectivity index (χ1n) is 5.68. The van der Waals surface area contributed by atoms with E-state index in [1.165, 1.54) is 11.1 Å². The van der Waals surface area contributed by atoms with Gasteiger partial charge in [-0.25, -0.2) is 0 Å². The number of ether oxygens (including phenoxy) is 1. The van der Waals surface area contributed by atoms with E-state index >= 15 is 0 Å². The molecule has 0 N–H and O–H groups in total. The molecule has 0 spiro atoms. The molecule has 2 aliphatic rings. The average molecular weight is 237 g/mol. The third kappa shape index (κ3) is 1.29. The third-order valence-electron chi connectivity index (χ3n) is 3.68. The van der Waals surface area contributed by atoms with Crippen molar-refractivity contribution in [1.29, 1.82) is 0 Å². The zero-order chi connectivity index (χ0) is 11.3. The number of carbonyl (C=O) groups excluding carboxylic acids is 1. The zero-order valence-corrected chi connectivity index (χ0v) is 9.83. The Labute approximate surface area is 99.6 Å². The number of hydrogen-bond acceptors (Lipinski definition) is 2. The van der Waals surface area contributed by atoms with E-state index in [1.54, 1.807) is 0 Å². The van der Waals surface area contributed by atoms with Gasteiger partial charge < -0.3 is 4.74 Å². The highest BCUT2D eigenvalue weighted by Crippen LogP contribution is 2.62. The van der Waals surface area contributed by atoms with E-state index < -0.39 is 0 Å². The monoisotopic (exact) mass is 236 g/mol. The molecule has 0 saturated heterocycles. The topological polar surface area (TPSA) is 26.3 Å². The normalized spacial score (nSPS) is 29.5. The molecule has 0 aliphatic heterocycles. The first kappa shape index (κ1) is 10.2. The van der Waals surface area contributed by atoms with Crippen LogP contribution in [0.1, 0.15) is 24.0 Å². The number of benzene rings is 1. The molecular formula is C13H13ClO2. The molecule has 2 nitrogen and oxygen atoms in total. The van der Waals surface area contributed by atoms with Crippen LogP contribution in [0.2, 0.25) is 5.02 Å². The van der Waals surface area contributed by atoms with Crippen molar-refractivity contribution in [2.24, 2.45) is 11.8 Å². The van der Waals surface area contributed by atoms with Gasteiger partial charge in [-0.15, -0.1) is 0 Å². The van der Waals surface area contributed by atoms with Crippen LogP contribution in [0.25, 0.3) is 0 Å². The lowest BCUT2D eigenvalue weighted by molar-refractivity contribution is -0.145. The first-order valence-corrected chi connectivity index (χ1v) is 6.05. The second kappa shape index (κ2) is 3.49. The van der Waals surface area contributed by atoms with Crippen LogP contribution in [0.3, 0.4) is 0 Å². The Morgan fingerprint density at radius 2 is 2.38 bits per heavy atom. The summed E-state index contributed by atoms with van der Waals surface area (Å²) in [7, 11) is 0. The number of rotatable bonds is 2. The van der Waals surface area contributed by atoms with E-state index in [9.17, 15) is 4.79 Å². The van der Waals surface area contributed by atoms with Crippen molar-refractivity contribution in [3.05, 3.63) is 34.3 Å². The number of carbonyl (C=O) groups is 1. The van der Waals surface area contributed by atoms with Gasteiger partial charge in [0.05, 0.1) is 12.5 Å². The van der Waals surface area contributed by atoms with Gasteiger partial charge in [0.15, 0.2) is 0 Å². The largest absolute Gasteiger partial charge is 0.466 e. The lowest BCUT2D eigenvalue weighted by atomic mass is 10.0. The van der Waals surface area contributed by atoms with Gasteiger partial charge in [-0.1, -0.05) is 23.7 Å². The van der Waals surface area contributed by atoms with Gasteiger partial charge in [-0.05, 0) is 36.5 Å². The van der Waals surface area contributed by atoms with Crippen LogP contribution in [-0.4, -0.2) is 12.6 Å². The summed E-state index contributed by atoms with van der Waals surface area (Å²) in [5.74, 6) is 0.857. The SMILES string of the molecule is CCOC(=O)[C@@H]1[C@H]2Cc3c(Cl)cccc3[C@@H]21. The summed E-state index contributed by atoms with van der Waals surface area (Å²) in [6.45, 7) is 2.32. The standard InChI is InChI=1S/C13H13ClO2/c1-2-16-13(15)12-9-6-8-7(11(9)12)4-3-5-10(8)14/h3-5,9,11-12H,2,6H2,1H3/t9-,11-,12+/m0/s1. The third-order valence-corrected chi connectivity index (χ3v) is 4.04. The van der Waals surface area contributed by atoms with Crippen LogP contribution in [0, 0.1) is 11.8 Å². The fourth-order valence-electron chi connectivity index (χ4n) is 2.95. The molecule has 1 aromatic rings. The van der Waals surface area contributed by atoms with Crippen LogP contribution in [0.15, 0.2) is 18.2 Å². The molecule has 84 valence electrons. The molecule has 3 heteroatoms. The number of halogens is 1. The molecule has 3 atom stereocenters. The fraction of sp³-hybridized carbons (Fsp3) is 0.462. The van der Waals surface area contributed by atoms with Gasteiger partial charge in [0.25, 0.3) is 0 Å². The van der Waals surface area contributed by atoms with Crippen molar-refractivity contribution in [2.45, 2.75) is 19.3 Å². The van der Waals surface area contributed by atoms with Gasteiger partial charge in [-0.2, -0.15) is 0 Å². The van der Waals surface area contributed by atoms with E-state index in [-0.39, 0.29) is 11.9 Å². The fourth-order valence-corrected chi connectivity index (χ4v) is 3.21. The molecule has 1 saturated carbocycles. The minimum atomic E-state index is -0.0388. The number of hydrogen-bond donors (Lipinski definition) is 0. The van der Waals surface area contributed by atoms with Crippen molar-refractivity contribution < 1.29 is 9.53 Å². The van der Waals surface area contributed by atoms with Crippen LogP contribution in [0.4, 0.5) is 0 Å². The molecule has 0 radical (unpaired) electrons. The highest BCUT2D eigenvalue weighted by atomic mass is 35.5. The number of fused-ring (bicyclic) bond motifs is 3. The Morgan fingerprint density at radius 3 is 3.12 bits per heavy atom. The molecule has 2 aliphatic carbocycles. The molecule has 1 fully saturated rings. The maximum Gasteiger partial charge on any atom is 0.309 e. The Kier molecular flexibility index (Phi) is 2.21.